The minimum Gasteiger partial charge on any atom is -0.396 e. The number of piperazine rings is 1. The molecule has 2 atom stereocenters. The van der Waals surface area contributed by atoms with Crippen molar-refractivity contribution in [2.75, 3.05) is 26.2 Å². The van der Waals surface area contributed by atoms with Crippen molar-refractivity contribution >= 4 is 5.91 Å². The number of amides is 1. The van der Waals surface area contributed by atoms with Crippen molar-refractivity contribution < 1.29 is 9.90 Å². The Morgan fingerprint density at radius 1 is 1.35 bits per heavy atom. The van der Waals surface area contributed by atoms with E-state index >= 15 is 0 Å². The van der Waals surface area contributed by atoms with Crippen molar-refractivity contribution in [1.29, 1.82) is 0 Å². The Morgan fingerprint density at radius 3 is 2.94 bits per heavy atom. The van der Waals surface area contributed by atoms with E-state index in [1.807, 2.05) is 4.90 Å². The van der Waals surface area contributed by atoms with Crippen LogP contribution in [0, 0.1) is 0 Å². The Balaban J connectivity index is 1.92. The molecular weight excluding hydrogens is 216 g/mol. The molecule has 17 heavy (non-hydrogen) atoms. The minimum atomic E-state index is 0.115. The van der Waals surface area contributed by atoms with Crippen molar-refractivity contribution in [3.8, 4) is 0 Å². The molecule has 0 aromatic heterocycles. The molecule has 2 heterocycles. The van der Waals surface area contributed by atoms with Crippen molar-refractivity contribution in [3.63, 3.8) is 0 Å². The lowest BCUT2D eigenvalue weighted by atomic mass is 9.97. The van der Waals surface area contributed by atoms with Gasteiger partial charge in [-0.1, -0.05) is 6.42 Å². The molecule has 98 valence electrons. The number of aliphatic hydroxyl groups excluding tert-OH is 1. The Hall–Kier alpha value is -0.610. The summed E-state index contributed by atoms with van der Waals surface area (Å²) in [6, 6.07) is 0.911. The normalized spacial score (nSPS) is 30.1. The fourth-order valence-corrected chi connectivity index (χ4v) is 3.07. The van der Waals surface area contributed by atoms with E-state index in [9.17, 15) is 4.79 Å². The van der Waals surface area contributed by atoms with E-state index in [1.165, 1.54) is 25.8 Å². The number of nitrogens with zero attached hydrogens (tertiary/aromatic N) is 2. The molecule has 0 saturated carbocycles. The maximum absolute atomic E-state index is 12.0. The first-order valence-corrected chi connectivity index (χ1v) is 6.86. The van der Waals surface area contributed by atoms with E-state index in [4.69, 9.17) is 5.11 Å². The zero-order valence-corrected chi connectivity index (χ0v) is 10.8. The average Bonchev–Trinajstić information content (AvgIpc) is 2.35. The van der Waals surface area contributed by atoms with E-state index in [0.717, 1.165) is 13.1 Å². The number of hydrogen-bond acceptors (Lipinski definition) is 3. The second-order valence-corrected chi connectivity index (χ2v) is 5.37. The fourth-order valence-electron chi connectivity index (χ4n) is 3.07. The first-order valence-electron chi connectivity index (χ1n) is 6.86. The third kappa shape index (κ3) is 2.99. The number of piperidine rings is 1. The summed E-state index contributed by atoms with van der Waals surface area (Å²) in [5, 5.41) is 8.79. The third-order valence-electron chi connectivity index (χ3n) is 4.06. The summed E-state index contributed by atoms with van der Waals surface area (Å²) in [7, 11) is 0. The van der Waals surface area contributed by atoms with Gasteiger partial charge in [0, 0.05) is 38.2 Å². The van der Waals surface area contributed by atoms with Crippen LogP contribution < -0.4 is 0 Å². The summed E-state index contributed by atoms with van der Waals surface area (Å²) in [5.41, 5.74) is 0. The summed E-state index contributed by atoms with van der Waals surface area (Å²) in [6.07, 6.45) is 4.93. The Kier molecular flexibility index (Phi) is 4.40. The zero-order valence-electron chi connectivity index (χ0n) is 10.8. The van der Waals surface area contributed by atoms with E-state index in [1.54, 1.807) is 0 Å². The Morgan fingerprint density at radius 2 is 2.18 bits per heavy atom. The van der Waals surface area contributed by atoms with Crippen LogP contribution in [0.5, 0.6) is 0 Å². The van der Waals surface area contributed by atoms with Crippen molar-refractivity contribution in [2.24, 2.45) is 0 Å². The molecule has 0 bridgehead atoms. The van der Waals surface area contributed by atoms with Crippen LogP contribution >= 0.6 is 0 Å². The van der Waals surface area contributed by atoms with Gasteiger partial charge in [0.05, 0.1) is 0 Å². The lowest BCUT2D eigenvalue weighted by molar-refractivity contribution is -0.138. The quantitative estimate of drug-likeness (QED) is 0.795. The fraction of sp³-hybridized carbons (Fsp3) is 0.923. The van der Waals surface area contributed by atoms with Gasteiger partial charge in [-0.2, -0.15) is 0 Å². The topological polar surface area (TPSA) is 43.8 Å². The molecule has 0 aromatic carbocycles. The van der Waals surface area contributed by atoms with Crippen LogP contribution in [0.2, 0.25) is 0 Å². The molecule has 2 aliphatic heterocycles. The maximum Gasteiger partial charge on any atom is 0.222 e. The van der Waals surface area contributed by atoms with Gasteiger partial charge in [0.15, 0.2) is 0 Å². The van der Waals surface area contributed by atoms with E-state index in [2.05, 4.69) is 11.8 Å². The van der Waals surface area contributed by atoms with Crippen molar-refractivity contribution in [2.45, 2.75) is 51.1 Å². The molecule has 0 radical (unpaired) electrons. The molecule has 0 spiro atoms. The summed E-state index contributed by atoms with van der Waals surface area (Å²) < 4.78 is 0. The molecule has 1 N–H and O–H groups in total. The molecule has 2 saturated heterocycles. The highest BCUT2D eigenvalue weighted by molar-refractivity contribution is 5.76. The molecule has 0 aliphatic carbocycles. The van der Waals surface area contributed by atoms with Gasteiger partial charge in [-0.15, -0.1) is 0 Å². The summed E-state index contributed by atoms with van der Waals surface area (Å²) in [6.45, 7) is 5.37. The van der Waals surface area contributed by atoms with E-state index in [0.29, 0.717) is 24.9 Å². The number of carbonyl (C=O) groups excluding carboxylic acids is 1. The van der Waals surface area contributed by atoms with Gasteiger partial charge >= 0.3 is 0 Å². The van der Waals surface area contributed by atoms with Crippen LogP contribution in [-0.4, -0.2) is 59.1 Å². The van der Waals surface area contributed by atoms with Crippen molar-refractivity contribution in [3.05, 3.63) is 0 Å². The summed E-state index contributed by atoms with van der Waals surface area (Å²) in [5.74, 6) is 0.219. The molecule has 4 nitrogen and oxygen atoms in total. The van der Waals surface area contributed by atoms with E-state index in [-0.39, 0.29) is 12.5 Å². The van der Waals surface area contributed by atoms with Gasteiger partial charge in [-0.25, -0.2) is 0 Å². The Bertz CT molecular complexity index is 270. The SMILES string of the molecule is CC1CN2CCCCC2CN1C(=O)CCCO. The molecule has 2 unspecified atom stereocenters. The molecule has 0 aromatic rings. The van der Waals surface area contributed by atoms with Gasteiger partial charge in [0.1, 0.15) is 0 Å². The van der Waals surface area contributed by atoms with Crippen LogP contribution in [0.25, 0.3) is 0 Å². The predicted octanol–water partition coefficient (Wildman–Crippen LogP) is 0.844. The number of rotatable bonds is 3. The molecule has 1 amide bonds. The maximum atomic E-state index is 12.0. The lowest BCUT2D eigenvalue weighted by Gasteiger charge is -2.47. The van der Waals surface area contributed by atoms with Gasteiger partial charge in [0.2, 0.25) is 5.91 Å². The molecule has 2 rings (SSSR count). The average molecular weight is 240 g/mol. The van der Waals surface area contributed by atoms with Crippen LogP contribution in [0.4, 0.5) is 0 Å². The molecule has 2 fully saturated rings. The second-order valence-electron chi connectivity index (χ2n) is 5.37. The molecule has 4 heteroatoms. The number of aliphatic hydroxyl groups is 1. The number of hydrogen-bond donors (Lipinski definition) is 1. The minimum absolute atomic E-state index is 0.115. The van der Waals surface area contributed by atoms with Crippen LogP contribution in [0.1, 0.15) is 39.0 Å². The van der Waals surface area contributed by atoms with Gasteiger partial charge in [-0.3, -0.25) is 9.69 Å². The predicted molar refractivity (Wildman–Crippen MR) is 66.7 cm³/mol. The summed E-state index contributed by atoms with van der Waals surface area (Å²) >= 11 is 0. The second kappa shape index (κ2) is 5.83. The summed E-state index contributed by atoms with van der Waals surface area (Å²) in [4.78, 5) is 16.6. The largest absolute Gasteiger partial charge is 0.396 e. The van der Waals surface area contributed by atoms with Gasteiger partial charge < -0.3 is 10.0 Å². The molecular formula is C13H24N2O2. The highest BCUT2D eigenvalue weighted by Gasteiger charge is 2.34. The first-order chi connectivity index (χ1) is 8.22. The van der Waals surface area contributed by atoms with Crippen molar-refractivity contribution in [1.82, 2.24) is 9.80 Å². The van der Waals surface area contributed by atoms with Crippen LogP contribution in [0.15, 0.2) is 0 Å². The first kappa shape index (κ1) is 12.8. The lowest BCUT2D eigenvalue weighted by Crippen LogP contribution is -2.60. The third-order valence-corrected chi connectivity index (χ3v) is 4.06. The standard InChI is InChI=1S/C13H24N2O2/c1-11-9-14-7-3-2-5-12(14)10-15(11)13(17)6-4-8-16/h11-12,16H,2-10H2,1H3. The van der Waals surface area contributed by atoms with E-state index < -0.39 is 0 Å². The monoisotopic (exact) mass is 240 g/mol. The highest BCUT2D eigenvalue weighted by atomic mass is 16.3. The number of fused-ring (bicyclic) bond motifs is 1. The number of carbonyl (C=O) groups is 1. The Labute approximate surface area is 104 Å². The zero-order chi connectivity index (χ0) is 12.3. The van der Waals surface area contributed by atoms with Gasteiger partial charge in [0.25, 0.3) is 0 Å². The smallest absolute Gasteiger partial charge is 0.222 e. The van der Waals surface area contributed by atoms with Crippen LogP contribution in [0.3, 0.4) is 0 Å². The van der Waals surface area contributed by atoms with Crippen LogP contribution in [-0.2, 0) is 4.79 Å². The highest BCUT2D eigenvalue weighted by Crippen LogP contribution is 2.24. The van der Waals surface area contributed by atoms with Gasteiger partial charge in [-0.05, 0) is 32.7 Å². The molecule has 2 aliphatic rings.